The highest BCUT2D eigenvalue weighted by Crippen LogP contribution is 2.34. The minimum atomic E-state index is -0.895. The van der Waals surface area contributed by atoms with E-state index in [1.54, 1.807) is 13.1 Å². The molecule has 6 nitrogen and oxygen atoms in total. The number of hydrogen-bond acceptors (Lipinski definition) is 5. The Morgan fingerprint density at radius 1 is 0.786 bits per heavy atom. The Hall–Kier alpha value is -4.04. The van der Waals surface area contributed by atoms with E-state index in [4.69, 9.17) is 18.9 Å². The number of rotatable bonds is 11. The molecule has 0 saturated carbocycles. The van der Waals surface area contributed by atoms with Gasteiger partial charge in [0.25, 0.3) is 5.91 Å². The Labute approximate surface area is 246 Å². The summed E-state index contributed by atoms with van der Waals surface area (Å²) in [4.78, 5) is 12.1. The van der Waals surface area contributed by atoms with Crippen molar-refractivity contribution in [3.63, 3.8) is 0 Å². The molecule has 5 atom stereocenters. The smallest absolute Gasteiger partial charge is 0.251 e. The van der Waals surface area contributed by atoms with Crippen molar-refractivity contribution >= 4 is 5.91 Å². The molecule has 42 heavy (non-hydrogen) atoms. The molecule has 4 aromatic rings. The maximum absolute atomic E-state index is 14.2. The SMILES string of the molecule is CNC(=O)c1cccc(-c2ccc(O[C@H]3O[C@H](CF)[C@@H](C)[C@H](OCc4ccccc4)[C@@H]3OCc3ccccc3)cc2)c1. The Morgan fingerprint density at radius 2 is 1.40 bits per heavy atom. The van der Waals surface area contributed by atoms with E-state index in [1.165, 1.54) is 0 Å². The predicted molar refractivity (Wildman–Crippen MR) is 160 cm³/mol. The fourth-order valence-corrected chi connectivity index (χ4v) is 5.11. The van der Waals surface area contributed by atoms with E-state index in [-0.39, 0.29) is 11.8 Å². The van der Waals surface area contributed by atoms with Crippen LogP contribution in [-0.2, 0) is 27.4 Å². The summed E-state index contributed by atoms with van der Waals surface area (Å²) in [6, 6.07) is 34.6. The Morgan fingerprint density at radius 3 is 2.00 bits per heavy atom. The van der Waals surface area contributed by atoms with Gasteiger partial charge in [0, 0.05) is 18.5 Å². The van der Waals surface area contributed by atoms with Crippen molar-refractivity contribution < 1.29 is 28.1 Å². The first-order valence-electron chi connectivity index (χ1n) is 14.2. The number of benzene rings is 4. The third kappa shape index (κ3) is 7.23. The van der Waals surface area contributed by atoms with Gasteiger partial charge in [0.1, 0.15) is 18.5 Å². The van der Waals surface area contributed by atoms with Gasteiger partial charge in [-0.05, 0) is 46.5 Å². The van der Waals surface area contributed by atoms with Crippen molar-refractivity contribution in [2.45, 2.75) is 44.7 Å². The van der Waals surface area contributed by atoms with Gasteiger partial charge in [0.05, 0.1) is 25.4 Å². The van der Waals surface area contributed by atoms with Crippen molar-refractivity contribution in [2.75, 3.05) is 13.7 Å². The predicted octanol–water partition coefficient (Wildman–Crippen LogP) is 6.59. The van der Waals surface area contributed by atoms with Crippen LogP contribution in [0.15, 0.2) is 109 Å². The highest BCUT2D eigenvalue weighted by molar-refractivity contribution is 5.95. The molecule has 0 radical (unpaired) electrons. The van der Waals surface area contributed by atoms with Gasteiger partial charge in [0.2, 0.25) is 6.29 Å². The van der Waals surface area contributed by atoms with Crippen LogP contribution in [0.25, 0.3) is 11.1 Å². The van der Waals surface area contributed by atoms with Crippen LogP contribution in [-0.4, -0.2) is 44.2 Å². The summed E-state index contributed by atoms with van der Waals surface area (Å²) in [6.45, 7) is 1.94. The quantitative estimate of drug-likeness (QED) is 0.221. The molecule has 0 spiro atoms. The van der Waals surface area contributed by atoms with Gasteiger partial charge in [-0.1, -0.05) is 91.9 Å². The Bertz CT molecular complexity index is 1420. The molecule has 0 bridgehead atoms. The molecule has 7 heteroatoms. The Kier molecular flexibility index (Phi) is 9.98. The second kappa shape index (κ2) is 14.2. The third-order valence-corrected chi connectivity index (χ3v) is 7.52. The largest absolute Gasteiger partial charge is 0.462 e. The maximum atomic E-state index is 14.2. The van der Waals surface area contributed by atoms with Crippen LogP contribution >= 0.6 is 0 Å². The zero-order valence-corrected chi connectivity index (χ0v) is 23.8. The van der Waals surface area contributed by atoms with E-state index >= 15 is 0 Å². The molecular formula is C35H36FNO5. The molecule has 0 unspecified atom stereocenters. The van der Waals surface area contributed by atoms with Crippen LogP contribution in [0.4, 0.5) is 4.39 Å². The van der Waals surface area contributed by atoms with Gasteiger partial charge in [0.15, 0.2) is 0 Å². The van der Waals surface area contributed by atoms with Crippen LogP contribution in [0.5, 0.6) is 5.75 Å². The normalized spacial score (nSPS) is 21.9. The van der Waals surface area contributed by atoms with Crippen molar-refractivity contribution in [1.82, 2.24) is 5.32 Å². The monoisotopic (exact) mass is 569 g/mol. The van der Waals surface area contributed by atoms with Crippen molar-refractivity contribution in [2.24, 2.45) is 5.92 Å². The lowest BCUT2D eigenvalue weighted by molar-refractivity contribution is -0.282. The molecule has 0 aromatic heterocycles. The fourth-order valence-electron chi connectivity index (χ4n) is 5.11. The standard InChI is InChI=1S/C35H36FNO5/c1-24-31(21-36)42-35(41-30-18-16-27(17-19-30)28-14-9-15-29(20-28)34(38)37-2)33(40-23-26-12-7-4-8-13-26)32(24)39-22-25-10-5-3-6-11-25/h3-20,24,31-33,35H,21-23H2,1-2H3,(H,37,38)/t24-,31-,32+,33+,35+/m1/s1. The first-order valence-corrected chi connectivity index (χ1v) is 14.2. The van der Waals surface area contributed by atoms with E-state index in [2.05, 4.69) is 5.32 Å². The fraction of sp³-hybridized carbons (Fsp3) is 0.286. The molecular weight excluding hydrogens is 533 g/mol. The number of alkyl halides is 1. The first-order chi connectivity index (χ1) is 20.6. The lowest BCUT2D eigenvalue weighted by Gasteiger charge is -2.44. The summed E-state index contributed by atoms with van der Waals surface area (Å²) in [5.41, 5.74) is 4.43. The van der Waals surface area contributed by atoms with Gasteiger partial charge in [-0.25, -0.2) is 4.39 Å². The average molecular weight is 570 g/mol. The lowest BCUT2D eigenvalue weighted by Crippen LogP contribution is -2.58. The summed E-state index contributed by atoms with van der Waals surface area (Å²) in [7, 11) is 1.61. The molecule has 1 aliphatic heterocycles. The van der Waals surface area contributed by atoms with E-state index in [9.17, 15) is 9.18 Å². The van der Waals surface area contributed by atoms with Crippen LogP contribution < -0.4 is 10.1 Å². The topological polar surface area (TPSA) is 66.0 Å². The second-order valence-electron chi connectivity index (χ2n) is 10.4. The minimum Gasteiger partial charge on any atom is -0.462 e. The van der Waals surface area contributed by atoms with Crippen molar-refractivity contribution in [3.05, 3.63) is 126 Å². The highest BCUT2D eigenvalue weighted by Gasteiger charge is 2.46. The number of nitrogens with one attached hydrogen (secondary N) is 1. The van der Waals surface area contributed by atoms with E-state index in [1.807, 2.05) is 110 Å². The number of hydrogen-bond donors (Lipinski definition) is 1. The van der Waals surface area contributed by atoms with Crippen LogP contribution in [0.2, 0.25) is 0 Å². The molecule has 1 heterocycles. The van der Waals surface area contributed by atoms with Gasteiger partial charge < -0.3 is 24.3 Å². The molecule has 0 aliphatic carbocycles. The van der Waals surface area contributed by atoms with Crippen LogP contribution in [0, 0.1) is 5.92 Å². The van der Waals surface area contributed by atoms with Crippen LogP contribution in [0.3, 0.4) is 0 Å². The average Bonchev–Trinajstić information content (AvgIpc) is 3.05. The summed E-state index contributed by atoms with van der Waals surface area (Å²) in [5, 5.41) is 2.65. The molecule has 1 amide bonds. The summed E-state index contributed by atoms with van der Waals surface area (Å²) >= 11 is 0. The molecule has 1 fully saturated rings. The van der Waals surface area contributed by atoms with Crippen molar-refractivity contribution in [1.29, 1.82) is 0 Å². The number of ether oxygens (including phenoxy) is 4. The van der Waals surface area contributed by atoms with Gasteiger partial charge in [-0.3, -0.25) is 4.79 Å². The lowest BCUT2D eigenvalue weighted by atomic mass is 9.90. The summed E-state index contributed by atoms with van der Waals surface area (Å²) in [5.74, 6) is 0.135. The second-order valence-corrected chi connectivity index (χ2v) is 10.4. The molecule has 1 saturated heterocycles. The molecule has 4 aromatic carbocycles. The molecule has 1 N–H and O–H groups in total. The van der Waals surface area contributed by atoms with Crippen LogP contribution in [0.1, 0.15) is 28.4 Å². The van der Waals surface area contributed by atoms with Gasteiger partial charge >= 0.3 is 0 Å². The number of halogens is 1. The zero-order chi connectivity index (χ0) is 29.3. The molecule has 218 valence electrons. The van der Waals surface area contributed by atoms with Gasteiger partial charge in [-0.2, -0.15) is 0 Å². The van der Waals surface area contributed by atoms with E-state index < -0.39 is 31.3 Å². The van der Waals surface area contributed by atoms with E-state index in [0.717, 1.165) is 22.3 Å². The molecule has 5 rings (SSSR count). The zero-order valence-electron chi connectivity index (χ0n) is 23.8. The summed E-state index contributed by atoms with van der Waals surface area (Å²) in [6.07, 6.45) is -2.69. The third-order valence-electron chi connectivity index (χ3n) is 7.52. The first kappa shape index (κ1) is 29.5. The van der Waals surface area contributed by atoms with Gasteiger partial charge in [-0.15, -0.1) is 0 Å². The number of amides is 1. The maximum Gasteiger partial charge on any atom is 0.251 e. The number of carbonyl (C=O) groups is 1. The minimum absolute atomic E-state index is 0.145. The molecule has 1 aliphatic rings. The number of carbonyl (C=O) groups excluding carboxylic acids is 1. The summed E-state index contributed by atoms with van der Waals surface area (Å²) < 4.78 is 39.5. The van der Waals surface area contributed by atoms with E-state index in [0.29, 0.717) is 24.5 Å². The Balaban J connectivity index is 1.37. The highest BCUT2D eigenvalue weighted by atomic mass is 19.1. The van der Waals surface area contributed by atoms with Crippen molar-refractivity contribution in [3.8, 4) is 16.9 Å².